The Labute approximate surface area is 105 Å². The largest absolute Gasteiger partial charge is 0.405 e. The lowest BCUT2D eigenvalue weighted by molar-refractivity contribution is -0.113. The van der Waals surface area contributed by atoms with E-state index in [4.69, 9.17) is 20.6 Å². The van der Waals surface area contributed by atoms with Crippen LogP contribution in [-0.4, -0.2) is 19.5 Å². The molecule has 0 fully saturated rings. The Balaban J connectivity index is 2.97. The highest BCUT2D eigenvalue weighted by Crippen LogP contribution is 2.44. The molecule has 0 heterocycles. The zero-order valence-corrected chi connectivity index (χ0v) is 11.1. The SMILES string of the molecule is COP(=O)(NC(C(=O)Cl)c1ccccc1)OC. The minimum absolute atomic E-state index is 0.585. The van der Waals surface area contributed by atoms with Gasteiger partial charge in [-0.05, 0) is 17.2 Å². The van der Waals surface area contributed by atoms with Crippen LogP contribution in [0.25, 0.3) is 0 Å². The van der Waals surface area contributed by atoms with Gasteiger partial charge in [-0.1, -0.05) is 30.3 Å². The predicted molar refractivity (Wildman–Crippen MR) is 64.8 cm³/mol. The third-order valence-electron chi connectivity index (χ3n) is 2.13. The van der Waals surface area contributed by atoms with Crippen molar-refractivity contribution in [2.45, 2.75) is 6.04 Å². The summed E-state index contributed by atoms with van der Waals surface area (Å²) in [6, 6.07) is 7.72. The Morgan fingerprint density at radius 1 is 1.29 bits per heavy atom. The van der Waals surface area contributed by atoms with Crippen LogP contribution >= 0.6 is 19.3 Å². The van der Waals surface area contributed by atoms with Gasteiger partial charge in [-0.2, -0.15) is 0 Å². The second-order valence-corrected chi connectivity index (χ2v) is 5.50. The standard InChI is InChI=1S/C10H13ClNO4P/c1-15-17(14,16-2)12-9(10(11)13)8-6-4-3-5-7-8/h3-7,9H,1-2H3,(H,12,14). The molecule has 0 saturated carbocycles. The van der Waals surface area contributed by atoms with Gasteiger partial charge in [-0.3, -0.25) is 4.79 Å². The van der Waals surface area contributed by atoms with Crippen LogP contribution in [-0.2, 0) is 18.4 Å². The molecule has 1 aromatic carbocycles. The van der Waals surface area contributed by atoms with E-state index in [0.717, 1.165) is 0 Å². The number of hydrogen-bond acceptors (Lipinski definition) is 4. The van der Waals surface area contributed by atoms with Gasteiger partial charge < -0.3 is 9.05 Å². The van der Waals surface area contributed by atoms with Crippen LogP contribution < -0.4 is 5.09 Å². The van der Waals surface area contributed by atoms with Gasteiger partial charge in [0.2, 0.25) is 5.24 Å². The van der Waals surface area contributed by atoms with Crippen molar-refractivity contribution in [3.05, 3.63) is 35.9 Å². The lowest BCUT2D eigenvalue weighted by Crippen LogP contribution is -2.24. The minimum Gasteiger partial charge on any atom is -0.300 e. The number of nitrogens with one attached hydrogen (secondary N) is 1. The Morgan fingerprint density at radius 2 is 1.82 bits per heavy atom. The van der Waals surface area contributed by atoms with Gasteiger partial charge in [0.1, 0.15) is 6.04 Å². The second-order valence-electron chi connectivity index (χ2n) is 3.14. The van der Waals surface area contributed by atoms with Gasteiger partial charge in [0, 0.05) is 14.2 Å². The van der Waals surface area contributed by atoms with Crippen molar-refractivity contribution in [3.63, 3.8) is 0 Å². The van der Waals surface area contributed by atoms with Gasteiger partial charge >= 0.3 is 7.75 Å². The van der Waals surface area contributed by atoms with E-state index in [1.165, 1.54) is 14.2 Å². The maximum Gasteiger partial charge on any atom is 0.405 e. The maximum absolute atomic E-state index is 11.9. The number of carbonyl (C=O) groups excluding carboxylic acids is 1. The molecule has 5 nitrogen and oxygen atoms in total. The van der Waals surface area contributed by atoms with Crippen LogP contribution in [0, 0.1) is 0 Å². The molecule has 94 valence electrons. The van der Waals surface area contributed by atoms with Gasteiger partial charge in [-0.15, -0.1) is 0 Å². The zero-order chi connectivity index (χ0) is 12.9. The number of benzene rings is 1. The number of carbonyl (C=O) groups is 1. The average Bonchev–Trinajstić information content (AvgIpc) is 2.36. The molecule has 0 aliphatic carbocycles. The number of hydrogen-bond donors (Lipinski definition) is 1. The first-order chi connectivity index (χ1) is 8.02. The summed E-state index contributed by atoms with van der Waals surface area (Å²) >= 11 is 5.46. The van der Waals surface area contributed by atoms with Crippen molar-refractivity contribution in [2.75, 3.05) is 14.2 Å². The van der Waals surface area contributed by atoms with Crippen LogP contribution in [0.3, 0.4) is 0 Å². The summed E-state index contributed by atoms with van der Waals surface area (Å²) in [5.74, 6) is 0. The minimum atomic E-state index is -3.51. The molecule has 1 aromatic rings. The van der Waals surface area contributed by atoms with E-state index in [1.54, 1.807) is 30.3 Å². The van der Waals surface area contributed by atoms with Crippen molar-refractivity contribution in [1.82, 2.24) is 5.09 Å². The Morgan fingerprint density at radius 3 is 2.24 bits per heavy atom. The Bertz CT molecular complexity index is 418. The molecule has 0 aliphatic heterocycles. The van der Waals surface area contributed by atoms with Crippen LogP contribution in [0.1, 0.15) is 11.6 Å². The van der Waals surface area contributed by atoms with Crippen molar-refractivity contribution in [2.24, 2.45) is 0 Å². The highest BCUT2D eigenvalue weighted by molar-refractivity contribution is 7.51. The number of rotatable bonds is 6. The summed E-state index contributed by atoms with van der Waals surface area (Å²) < 4.78 is 21.3. The quantitative estimate of drug-likeness (QED) is 0.639. The highest BCUT2D eigenvalue weighted by Gasteiger charge is 2.30. The molecular formula is C10H13ClNO4P. The van der Waals surface area contributed by atoms with Gasteiger partial charge in [0.25, 0.3) is 0 Å². The third-order valence-corrected chi connectivity index (χ3v) is 3.88. The molecule has 1 atom stereocenters. The van der Waals surface area contributed by atoms with Crippen molar-refractivity contribution < 1.29 is 18.4 Å². The van der Waals surface area contributed by atoms with Crippen LogP contribution in [0.5, 0.6) is 0 Å². The van der Waals surface area contributed by atoms with E-state index in [-0.39, 0.29) is 0 Å². The van der Waals surface area contributed by atoms with Crippen LogP contribution in [0.2, 0.25) is 0 Å². The molecule has 1 rings (SSSR count). The average molecular weight is 278 g/mol. The van der Waals surface area contributed by atoms with E-state index < -0.39 is 19.0 Å². The van der Waals surface area contributed by atoms with E-state index >= 15 is 0 Å². The first kappa shape index (κ1) is 14.4. The van der Waals surface area contributed by atoms with Crippen LogP contribution in [0.4, 0.5) is 0 Å². The molecule has 1 unspecified atom stereocenters. The van der Waals surface area contributed by atoms with Crippen molar-refractivity contribution in [3.8, 4) is 0 Å². The van der Waals surface area contributed by atoms with Crippen molar-refractivity contribution >= 4 is 24.6 Å². The molecule has 17 heavy (non-hydrogen) atoms. The molecule has 1 N–H and O–H groups in total. The molecular weight excluding hydrogens is 265 g/mol. The topological polar surface area (TPSA) is 64.6 Å². The third kappa shape index (κ3) is 3.91. The van der Waals surface area contributed by atoms with Gasteiger partial charge in [0.05, 0.1) is 0 Å². The van der Waals surface area contributed by atoms with E-state index in [9.17, 15) is 9.36 Å². The molecule has 0 aromatic heterocycles. The monoisotopic (exact) mass is 277 g/mol. The number of halogens is 1. The first-order valence-corrected chi connectivity index (χ1v) is 6.68. The molecule has 0 saturated heterocycles. The van der Waals surface area contributed by atoms with Gasteiger partial charge in [-0.25, -0.2) is 9.65 Å². The molecule has 0 radical (unpaired) electrons. The molecule has 0 aliphatic rings. The summed E-state index contributed by atoms with van der Waals surface area (Å²) in [6.07, 6.45) is 0. The van der Waals surface area contributed by atoms with E-state index in [0.29, 0.717) is 5.56 Å². The molecule has 0 bridgehead atoms. The lowest BCUT2D eigenvalue weighted by Gasteiger charge is -2.20. The van der Waals surface area contributed by atoms with Crippen LogP contribution in [0.15, 0.2) is 30.3 Å². The summed E-state index contributed by atoms with van der Waals surface area (Å²) in [4.78, 5) is 11.3. The maximum atomic E-state index is 11.9. The first-order valence-electron chi connectivity index (χ1n) is 4.76. The van der Waals surface area contributed by atoms with Crippen molar-refractivity contribution in [1.29, 1.82) is 0 Å². The fraction of sp³-hybridized carbons (Fsp3) is 0.300. The molecule has 0 spiro atoms. The highest BCUT2D eigenvalue weighted by atomic mass is 35.5. The Hall–Kier alpha value is -0.710. The van der Waals surface area contributed by atoms with E-state index in [1.807, 2.05) is 0 Å². The summed E-state index contributed by atoms with van der Waals surface area (Å²) in [5, 5.41) is 1.79. The predicted octanol–water partition coefficient (Wildman–Crippen LogP) is 2.48. The summed E-state index contributed by atoms with van der Waals surface area (Å²) in [7, 11) is -1.07. The normalized spacial score (nSPS) is 13.4. The summed E-state index contributed by atoms with van der Waals surface area (Å²) in [6.45, 7) is 0. The van der Waals surface area contributed by atoms with Gasteiger partial charge in [0.15, 0.2) is 0 Å². The molecule has 7 heteroatoms. The van der Waals surface area contributed by atoms with E-state index in [2.05, 4.69) is 5.09 Å². The Kier molecular flexibility index (Phi) is 5.31. The fourth-order valence-electron chi connectivity index (χ4n) is 1.24. The smallest absolute Gasteiger partial charge is 0.300 e. The lowest BCUT2D eigenvalue weighted by atomic mass is 10.1. The summed E-state index contributed by atoms with van der Waals surface area (Å²) in [5.41, 5.74) is 0.585. The second kappa shape index (κ2) is 6.28. The molecule has 0 amide bonds. The zero-order valence-electron chi connectivity index (χ0n) is 9.42. The fourth-order valence-corrected chi connectivity index (χ4v) is 2.44.